The predicted molar refractivity (Wildman–Crippen MR) is 139 cm³/mol. The maximum atomic E-state index is 13.4. The lowest BCUT2D eigenvalue weighted by molar-refractivity contribution is -0.169. The lowest BCUT2D eigenvalue weighted by Crippen LogP contribution is -2.67. The highest BCUT2D eigenvalue weighted by atomic mass is 16.5. The number of nitrogens with zero attached hydrogens (tertiary/aromatic N) is 2. The summed E-state index contributed by atoms with van der Waals surface area (Å²) in [6, 6.07) is 14.4. The molecule has 0 aliphatic heterocycles. The highest BCUT2D eigenvalue weighted by Crippen LogP contribution is 2.26. The van der Waals surface area contributed by atoms with Gasteiger partial charge in [0.1, 0.15) is 11.5 Å². The maximum Gasteiger partial charge on any atom is 0.345 e. The number of aliphatic imine (C=N–C) groups is 1. The molecule has 0 saturated carbocycles. The lowest BCUT2D eigenvalue weighted by atomic mass is 9.98. The van der Waals surface area contributed by atoms with Crippen LogP contribution in [0, 0.1) is 0 Å². The van der Waals surface area contributed by atoms with Crippen LogP contribution in [0.3, 0.4) is 0 Å². The van der Waals surface area contributed by atoms with E-state index in [1.54, 1.807) is 18.2 Å². The predicted octanol–water partition coefficient (Wildman–Crippen LogP) is 1.64. The van der Waals surface area contributed by atoms with Gasteiger partial charge in [-0.2, -0.15) is 0 Å². The smallest absolute Gasteiger partial charge is 0.345 e. The number of hydrogen-bond acceptors (Lipinski definition) is 7. The zero-order valence-corrected chi connectivity index (χ0v) is 21.4. The molecule has 1 atom stereocenters. The quantitative estimate of drug-likeness (QED) is 0.127. The third kappa shape index (κ3) is 8.21. The van der Waals surface area contributed by atoms with Crippen LogP contribution in [-0.2, 0) is 27.3 Å². The lowest BCUT2D eigenvalue weighted by Gasteiger charge is -2.39. The molecule has 0 fully saturated rings. The van der Waals surface area contributed by atoms with Gasteiger partial charge in [0.15, 0.2) is 11.6 Å². The number of guanidine groups is 1. The van der Waals surface area contributed by atoms with Crippen LogP contribution in [0.15, 0.2) is 53.5 Å². The largest absolute Gasteiger partial charge is 0.497 e. The van der Waals surface area contributed by atoms with Gasteiger partial charge >= 0.3 is 5.97 Å². The summed E-state index contributed by atoms with van der Waals surface area (Å²) in [6.07, 6.45) is 0.354. The molecule has 37 heavy (non-hydrogen) atoms. The molecule has 0 aromatic heterocycles. The highest BCUT2D eigenvalue weighted by molar-refractivity contribution is 6.00. The summed E-state index contributed by atoms with van der Waals surface area (Å²) in [4.78, 5) is 43.7. The van der Waals surface area contributed by atoms with Gasteiger partial charge in [0.2, 0.25) is 11.8 Å². The summed E-state index contributed by atoms with van der Waals surface area (Å²) < 4.78 is 10.6. The zero-order valence-electron chi connectivity index (χ0n) is 21.4. The van der Waals surface area contributed by atoms with Crippen molar-refractivity contribution in [1.82, 2.24) is 10.2 Å². The third-order valence-electron chi connectivity index (χ3n) is 5.76. The van der Waals surface area contributed by atoms with Crippen molar-refractivity contribution in [2.45, 2.75) is 44.8 Å². The third-order valence-corrected chi connectivity index (χ3v) is 5.76. The van der Waals surface area contributed by atoms with Crippen molar-refractivity contribution in [3.05, 3.63) is 59.7 Å². The number of imide groups is 1. The number of benzene rings is 2. The van der Waals surface area contributed by atoms with Gasteiger partial charge in [0.05, 0.1) is 14.2 Å². The van der Waals surface area contributed by atoms with Crippen LogP contribution in [0.2, 0.25) is 0 Å². The Morgan fingerprint density at radius 3 is 2.16 bits per heavy atom. The Morgan fingerprint density at radius 2 is 1.65 bits per heavy atom. The fraction of sp³-hybridized carbons (Fsp3) is 0.385. The molecular weight excluding hydrogens is 478 g/mol. The Hall–Kier alpha value is -4.12. The summed E-state index contributed by atoms with van der Waals surface area (Å²) in [5.41, 5.74) is 10.3. The topological polar surface area (TPSA) is 170 Å². The van der Waals surface area contributed by atoms with Crippen LogP contribution in [0.4, 0.5) is 0 Å². The van der Waals surface area contributed by atoms with Gasteiger partial charge < -0.3 is 26.0 Å². The highest BCUT2D eigenvalue weighted by Gasteiger charge is 2.48. The van der Waals surface area contributed by atoms with Crippen LogP contribution in [0.1, 0.15) is 37.3 Å². The number of aliphatic carboxylic acids is 1. The number of nitrogens with one attached hydrogen (secondary N) is 1. The Bertz CT molecular complexity index is 1080. The number of hydrogen-bond donors (Lipinski definition) is 4. The van der Waals surface area contributed by atoms with E-state index in [4.69, 9.17) is 20.9 Å². The Labute approximate surface area is 216 Å². The van der Waals surface area contributed by atoms with Crippen molar-refractivity contribution in [2.24, 2.45) is 16.5 Å². The average Bonchev–Trinajstić information content (AvgIpc) is 2.88. The van der Waals surface area contributed by atoms with Gasteiger partial charge in [-0.3, -0.25) is 24.8 Å². The summed E-state index contributed by atoms with van der Waals surface area (Å²) in [5, 5.41) is 13.4. The molecule has 0 radical (unpaired) electrons. The molecule has 6 N–H and O–H groups in total. The summed E-state index contributed by atoms with van der Waals surface area (Å²) in [6.45, 7) is 1.29. The van der Waals surface area contributed by atoms with Crippen LogP contribution in [0.25, 0.3) is 0 Å². The van der Waals surface area contributed by atoms with E-state index < -0.39 is 23.4 Å². The zero-order chi connectivity index (χ0) is 27.4. The first kappa shape index (κ1) is 29.1. The first-order valence-electron chi connectivity index (χ1n) is 11.8. The normalized spacial score (nSPS) is 12.2. The fourth-order valence-electron chi connectivity index (χ4n) is 3.98. The van der Waals surface area contributed by atoms with E-state index in [2.05, 4.69) is 10.3 Å². The van der Waals surface area contributed by atoms with E-state index in [9.17, 15) is 19.5 Å². The fourth-order valence-corrected chi connectivity index (χ4v) is 3.98. The number of carbonyl (C=O) groups excluding carboxylic acids is 2. The molecule has 200 valence electrons. The van der Waals surface area contributed by atoms with Gasteiger partial charge in [-0.1, -0.05) is 30.3 Å². The van der Waals surface area contributed by atoms with E-state index in [0.717, 1.165) is 10.5 Å². The average molecular weight is 514 g/mol. The Morgan fingerprint density at radius 1 is 1.03 bits per heavy atom. The maximum absolute atomic E-state index is 13.4. The molecule has 2 aromatic rings. The monoisotopic (exact) mass is 513 g/mol. The second kappa shape index (κ2) is 13.8. The number of aryl methyl sites for hydroxylation is 1. The van der Waals surface area contributed by atoms with Crippen molar-refractivity contribution < 1.29 is 29.0 Å². The van der Waals surface area contributed by atoms with E-state index >= 15 is 0 Å². The molecule has 2 rings (SSSR count). The number of carboxylic acid groups (broad SMARTS) is 1. The minimum atomic E-state index is -2.05. The Kier molecular flexibility index (Phi) is 10.9. The molecule has 0 spiro atoms. The summed E-state index contributed by atoms with van der Waals surface area (Å²) >= 11 is 0. The van der Waals surface area contributed by atoms with E-state index in [1.165, 1.54) is 21.1 Å². The van der Waals surface area contributed by atoms with Crippen molar-refractivity contribution in [3.63, 3.8) is 0 Å². The second-order valence-electron chi connectivity index (χ2n) is 8.38. The molecule has 2 aromatic carbocycles. The standard InChI is InChI=1S/C26H35N5O6/c1-18(32)31(23(33)11-10-19-8-5-4-6-9-19)26(24(34)35,12-7-13-29-25(27)28)30-17-20-14-21(36-2)16-22(15-20)37-3/h4-6,8-9,14-16,30H,7,10-13,17H2,1-3H3,(H,34,35)(H4,27,28,29)/t26-/m0/s1. The van der Waals surface area contributed by atoms with Crippen molar-refractivity contribution in [1.29, 1.82) is 0 Å². The molecule has 11 heteroatoms. The molecule has 0 saturated heterocycles. The number of carboxylic acids is 1. The van der Waals surface area contributed by atoms with Crippen molar-refractivity contribution >= 4 is 23.7 Å². The molecule has 0 heterocycles. The first-order chi connectivity index (χ1) is 17.6. The second-order valence-corrected chi connectivity index (χ2v) is 8.38. The van der Waals surface area contributed by atoms with E-state index in [1.807, 2.05) is 30.3 Å². The minimum Gasteiger partial charge on any atom is -0.497 e. The minimum absolute atomic E-state index is 0.00208. The molecule has 0 aliphatic carbocycles. The van der Waals surface area contributed by atoms with E-state index in [-0.39, 0.29) is 38.3 Å². The summed E-state index contributed by atoms with van der Waals surface area (Å²) in [7, 11) is 3.00. The van der Waals surface area contributed by atoms with Gasteiger partial charge in [0.25, 0.3) is 0 Å². The molecule has 0 aliphatic rings. The molecule has 2 amide bonds. The van der Waals surface area contributed by atoms with Gasteiger partial charge in [-0.05, 0) is 42.5 Å². The van der Waals surface area contributed by atoms with E-state index in [0.29, 0.717) is 23.5 Å². The SMILES string of the molecule is COc1cc(CN[C@](CCCN=C(N)N)(C(=O)O)N(C(C)=O)C(=O)CCc2ccccc2)cc(OC)c1. The Balaban J connectivity index is 2.41. The number of nitrogens with two attached hydrogens (primary N) is 2. The summed E-state index contributed by atoms with van der Waals surface area (Å²) in [5.74, 6) is -1.82. The molecule has 0 unspecified atom stereocenters. The molecular formula is C26H35N5O6. The first-order valence-corrected chi connectivity index (χ1v) is 11.8. The number of ether oxygens (including phenoxy) is 2. The van der Waals surface area contributed by atoms with Crippen LogP contribution in [-0.4, -0.2) is 60.2 Å². The molecule has 0 bridgehead atoms. The van der Waals surface area contributed by atoms with Crippen LogP contribution < -0.4 is 26.3 Å². The van der Waals surface area contributed by atoms with Crippen molar-refractivity contribution in [2.75, 3.05) is 20.8 Å². The van der Waals surface area contributed by atoms with Gasteiger partial charge in [-0.25, -0.2) is 4.79 Å². The number of amides is 2. The number of rotatable bonds is 14. The van der Waals surface area contributed by atoms with Gasteiger partial charge in [-0.15, -0.1) is 0 Å². The molecule has 11 nitrogen and oxygen atoms in total. The van der Waals surface area contributed by atoms with Crippen molar-refractivity contribution in [3.8, 4) is 11.5 Å². The van der Waals surface area contributed by atoms with Crippen LogP contribution in [0.5, 0.6) is 11.5 Å². The number of carbonyl (C=O) groups is 3. The van der Waals surface area contributed by atoms with Crippen LogP contribution >= 0.6 is 0 Å². The number of methoxy groups -OCH3 is 2. The van der Waals surface area contributed by atoms with Gasteiger partial charge in [0, 0.05) is 32.5 Å².